The molecule has 2 saturated heterocycles. The van der Waals surface area contributed by atoms with Gasteiger partial charge < -0.3 is 34.3 Å². The van der Waals surface area contributed by atoms with Crippen molar-refractivity contribution in [1.82, 2.24) is 30.2 Å². The number of carbonyl (C=O) groups is 2. The van der Waals surface area contributed by atoms with Crippen LogP contribution in [-0.4, -0.2) is 88.4 Å². The first kappa shape index (κ1) is 25.1. The van der Waals surface area contributed by atoms with Crippen LogP contribution in [0.4, 0.5) is 5.82 Å². The number of carbonyl (C=O) groups excluding carboxylic acids is 2. The van der Waals surface area contributed by atoms with Gasteiger partial charge in [-0.15, -0.1) is 0 Å². The van der Waals surface area contributed by atoms with Gasteiger partial charge in [0.1, 0.15) is 18.0 Å². The third-order valence-electron chi connectivity index (χ3n) is 7.20. The van der Waals surface area contributed by atoms with Crippen molar-refractivity contribution in [1.29, 1.82) is 0 Å². The molecule has 0 bridgehead atoms. The van der Waals surface area contributed by atoms with Gasteiger partial charge in [-0.1, -0.05) is 6.07 Å². The van der Waals surface area contributed by atoms with Gasteiger partial charge in [0.25, 0.3) is 5.91 Å². The first-order valence-corrected chi connectivity index (χ1v) is 13.2. The van der Waals surface area contributed by atoms with E-state index in [0.29, 0.717) is 68.8 Å². The van der Waals surface area contributed by atoms with Crippen LogP contribution in [-0.2, 0) is 20.7 Å². The quantitative estimate of drug-likeness (QED) is 0.463. The van der Waals surface area contributed by atoms with Crippen molar-refractivity contribution >= 4 is 17.6 Å². The Balaban J connectivity index is 1.18. The smallest absolute Gasteiger partial charge is 0.252 e. The minimum atomic E-state index is -0.686. The van der Waals surface area contributed by atoms with E-state index in [1.807, 2.05) is 36.1 Å². The standard InChI is InChI=1S/C27H31N7O5/c1-17-13-23(32-25(31-17)24-28-8-9-29-24)33-10-11-34(27(36)21-3-2-12-37-21)19(15-33)26(35)30-7-6-18-4-5-20-22(14-18)39-16-38-20/h4-5,8-9,13-14,19,21H,2-3,6-7,10-12,15-16H2,1H3,(H,28,29)(H,30,35). The summed E-state index contributed by atoms with van der Waals surface area (Å²) < 4.78 is 16.5. The predicted octanol–water partition coefficient (Wildman–Crippen LogP) is 1.46. The van der Waals surface area contributed by atoms with Gasteiger partial charge in [0.15, 0.2) is 23.1 Å². The second kappa shape index (κ2) is 10.9. The number of nitrogens with one attached hydrogen (secondary N) is 2. The minimum absolute atomic E-state index is 0.127. The number of fused-ring (bicyclic) bond motifs is 1. The summed E-state index contributed by atoms with van der Waals surface area (Å²) in [6, 6.07) is 6.97. The number of piperazine rings is 1. The highest BCUT2D eigenvalue weighted by atomic mass is 16.7. The zero-order chi connectivity index (χ0) is 26.8. The summed E-state index contributed by atoms with van der Waals surface area (Å²) in [7, 11) is 0. The van der Waals surface area contributed by atoms with Gasteiger partial charge in [0.2, 0.25) is 12.7 Å². The summed E-state index contributed by atoms with van der Waals surface area (Å²) in [5.41, 5.74) is 1.81. The number of amides is 2. The fourth-order valence-electron chi connectivity index (χ4n) is 5.19. The van der Waals surface area contributed by atoms with Gasteiger partial charge in [-0.2, -0.15) is 0 Å². The van der Waals surface area contributed by atoms with Crippen LogP contribution in [0.25, 0.3) is 11.6 Å². The monoisotopic (exact) mass is 533 g/mol. The molecule has 0 spiro atoms. The maximum absolute atomic E-state index is 13.5. The average molecular weight is 534 g/mol. The molecule has 6 rings (SSSR count). The lowest BCUT2D eigenvalue weighted by Crippen LogP contribution is -2.62. The first-order chi connectivity index (χ1) is 19.0. The van der Waals surface area contributed by atoms with Crippen molar-refractivity contribution < 1.29 is 23.8 Å². The Kier molecular flexibility index (Phi) is 7.01. The summed E-state index contributed by atoms with van der Waals surface area (Å²) in [6.45, 7) is 4.34. The third kappa shape index (κ3) is 5.37. The molecule has 3 aliphatic heterocycles. The van der Waals surface area contributed by atoms with Gasteiger partial charge in [0, 0.05) is 56.9 Å². The molecule has 0 aliphatic carbocycles. The van der Waals surface area contributed by atoms with Gasteiger partial charge >= 0.3 is 0 Å². The van der Waals surface area contributed by atoms with E-state index in [4.69, 9.17) is 19.2 Å². The number of H-pyrrole nitrogens is 1. The Bertz CT molecular complexity index is 1340. The van der Waals surface area contributed by atoms with Crippen LogP contribution in [0.5, 0.6) is 11.5 Å². The minimum Gasteiger partial charge on any atom is -0.454 e. The molecule has 2 aromatic heterocycles. The SMILES string of the molecule is Cc1cc(N2CCN(C(=O)C3CCCO3)C(C(=O)NCCc3ccc4c(c3)OCO4)C2)nc(-c2ncc[nH]2)n1. The Morgan fingerprint density at radius 2 is 2.05 bits per heavy atom. The highest BCUT2D eigenvalue weighted by molar-refractivity contribution is 5.90. The van der Waals surface area contributed by atoms with Crippen LogP contribution in [0.2, 0.25) is 0 Å². The summed E-state index contributed by atoms with van der Waals surface area (Å²) >= 11 is 0. The number of ether oxygens (including phenoxy) is 3. The topological polar surface area (TPSA) is 135 Å². The van der Waals surface area contributed by atoms with Crippen LogP contribution in [0.1, 0.15) is 24.1 Å². The zero-order valence-corrected chi connectivity index (χ0v) is 21.8. The van der Waals surface area contributed by atoms with E-state index < -0.39 is 12.1 Å². The molecule has 12 heteroatoms. The largest absolute Gasteiger partial charge is 0.454 e. The van der Waals surface area contributed by atoms with Crippen LogP contribution < -0.4 is 19.7 Å². The van der Waals surface area contributed by atoms with E-state index in [1.54, 1.807) is 17.3 Å². The molecular weight excluding hydrogens is 502 g/mol. The Hall–Kier alpha value is -4.19. The first-order valence-electron chi connectivity index (χ1n) is 13.2. The number of nitrogens with zero attached hydrogens (tertiary/aromatic N) is 5. The molecule has 204 valence electrons. The Labute approximate surface area is 225 Å². The lowest BCUT2D eigenvalue weighted by Gasteiger charge is -2.41. The number of hydrogen-bond donors (Lipinski definition) is 2. The van der Waals surface area contributed by atoms with E-state index in [0.717, 1.165) is 23.4 Å². The van der Waals surface area contributed by atoms with Crippen LogP contribution in [0.3, 0.4) is 0 Å². The Morgan fingerprint density at radius 1 is 1.15 bits per heavy atom. The van der Waals surface area contributed by atoms with Crippen molar-refractivity contribution in [3.8, 4) is 23.1 Å². The number of benzene rings is 1. The van der Waals surface area contributed by atoms with Crippen molar-refractivity contribution in [2.24, 2.45) is 0 Å². The van der Waals surface area contributed by atoms with Gasteiger partial charge in [-0.3, -0.25) is 9.59 Å². The van der Waals surface area contributed by atoms with Gasteiger partial charge in [-0.05, 0) is 43.9 Å². The molecule has 3 aliphatic rings. The van der Waals surface area contributed by atoms with E-state index in [1.165, 1.54) is 0 Å². The van der Waals surface area contributed by atoms with Crippen LogP contribution in [0, 0.1) is 6.92 Å². The average Bonchev–Trinajstić information content (AvgIpc) is 3.74. The second-order valence-electron chi connectivity index (χ2n) is 9.85. The van der Waals surface area contributed by atoms with E-state index in [2.05, 4.69) is 20.3 Å². The molecule has 2 fully saturated rings. The summed E-state index contributed by atoms with van der Waals surface area (Å²) in [5, 5.41) is 3.04. The fraction of sp³-hybridized carbons (Fsp3) is 0.444. The number of aromatic nitrogens is 4. The normalized spacial score (nSPS) is 20.3. The fourth-order valence-corrected chi connectivity index (χ4v) is 5.19. The highest BCUT2D eigenvalue weighted by Gasteiger charge is 2.39. The molecule has 2 amide bonds. The molecule has 1 aromatic carbocycles. The molecular formula is C27H31N7O5. The van der Waals surface area contributed by atoms with Crippen LogP contribution >= 0.6 is 0 Å². The number of rotatable bonds is 7. The molecule has 2 unspecified atom stereocenters. The number of aromatic amines is 1. The molecule has 0 radical (unpaired) electrons. The summed E-state index contributed by atoms with van der Waals surface area (Å²) in [5.74, 6) is 2.86. The molecule has 0 saturated carbocycles. The van der Waals surface area contributed by atoms with Crippen molar-refractivity contribution in [3.05, 3.63) is 47.9 Å². The lowest BCUT2D eigenvalue weighted by molar-refractivity contribution is -0.148. The highest BCUT2D eigenvalue weighted by Crippen LogP contribution is 2.32. The zero-order valence-electron chi connectivity index (χ0n) is 21.8. The Morgan fingerprint density at radius 3 is 2.87 bits per heavy atom. The summed E-state index contributed by atoms with van der Waals surface area (Å²) in [4.78, 5) is 47.1. The van der Waals surface area contributed by atoms with Gasteiger partial charge in [0.05, 0.1) is 0 Å². The molecule has 39 heavy (non-hydrogen) atoms. The number of anilines is 1. The maximum atomic E-state index is 13.5. The lowest BCUT2D eigenvalue weighted by atomic mass is 10.1. The van der Waals surface area contributed by atoms with Crippen molar-refractivity contribution in [2.45, 2.75) is 38.3 Å². The number of imidazole rings is 1. The molecule has 3 aromatic rings. The van der Waals surface area contributed by atoms with Gasteiger partial charge in [-0.25, -0.2) is 15.0 Å². The number of hydrogen-bond acceptors (Lipinski definition) is 9. The molecule has 2 atom stereocenters. The van der Waals surface area contributed by atoms with Crippen molar-refractivity contribution in [3.63, 3.8) is 0 Å². The van der Waals surface area contributed by atoms with Crippen molar-refractivity contribution in [2.75, 3.05) is 44.5 Å². The van der Waals surface area contributed by atoms with E-state index in [-0.39, 0.29) is 18.6 Å². The maximum Gasteiger partial charge on any atom is 0.252 e. The molecule has 12 nitrogen and oxygen atoms in total. The summed E-state index contributed by atoms with van der Waals surface area (Å²) in [6.07, 6.45) is 5.02. The second-order valence-corrected chi connectivity index (χ2v) is 9.85. The number of aryl methyl sites for hydroxylation is 1. The third-order valence-corrected chi connectivity index (χ3v) is 7.20. The molecule has 2 N–H and O–H groups in total. The van der Waals surface area contributed by atoms with E-state index >= 15 is 0 Å². The molecule has 5 heterocycles. The van der Waals surface area contributed by atoms with E-state index in [9.17, 15) is 9.59 Å². The van der Waals surface area contributed by atoms with Crippen LogP contribution in [0.15, 0.2) is 36.7 Å². The predicted molar refractivity (Wildman–Crippen MR) is 140 cm³/mol.